The molecule has 0 saturated carbocycles. The van der Waals surface area contributed by atoms with E-state index in [4.69, 9.17) is 0 Å². The molecule has 0 unspecified atom stereocenters. The quantitative estimate of drug-likeness (QED) is 0.696. The SMILES string of the molecule is CCCCCc1ccnc(=O)[nH]1.N. The van der Waals surface area contributed by atoms with E-state index < -0.39 is 0 Å². The van der Waals surface area contributed by atoms with Crippen molar-refractivity contribution in [3.05, 3.63) is 28.4 Å². The number of hydrogen-bond donors (Lipinski definition) is 2. The number of rotatable bonds is 4. The fraction of sp³-hybridized carbons (Fsp3) is 0.556. The van der Waals surface area contributed by atoms with E-state index >= 15 is 0 Å². The van der Waals surface area contributed by atoms with Gasteiger partial charge in [-0.3, -0.25) is 0 Å². The van der Waals surface area contributed by atoms with Gasteiger partial charge in [0.2, 0.25) is 0 Å². The third-order valence-electron chi connectivity index (χ3n) is 1.78. The second kappa shape index (κ2) is 6.37. The number of H-pyrrole nitrogens is 1. The van der Waals surface area contributed by atoms with Gasteiger partial charge < -0.3 is 11.1 Å². The summed E-state index contributed by atoms with van der Waals surface area (Å²) in [6, 6.07) is 1.86. The third-order valence-corrected chi connectivity index (χ3v) is 1.78. The van der Waals surface area contributed by atoms with Crippen LogP contribution in [-0.4, -0.2) is 9.97 Å². The summed E-state index contributed by atoms with van der Waals surface area (Å²) in [4.78, 5) is 17.0. The van der Waals surface area contributed by atoms with Gasteiger partial charge in [-0.05, 0) is 18.9 Å². The minimum absolute atomic E-state index is 0. The largest absolute Gasteiger partial charge is 0.345 e. The zero-order valence-electron chi connectivity index (χ0n) is 8.05. The van der Waals surface area contributed by atoms with Crippen LogP contribution in [-0.2, 0) is 6.42 Å². The molecule has 0 spiro atoms. The van der Waals surface area contributed by atoms with E-state index in [1.165, 1.54) is 12.8 Å². The van der Waals surface area contributed by atoms with Crippen molar-refractivity contribution in [1.82, 2.24) is 16.1 Å². The average Bonchev–Trinajstić information content (AvgIpc) is 2.05. The predicted molar refractivity (Wildman–Crippen MR) is 53.1 cm³/mol. The Bertz CT molecular complexity index is 282. The molecule has 1 heterocycles. The lowest BCUT2D eigenvalue weighted by Gasteiger charge is -1.98. The molecule has 13 heavy (non-hydrogen) atoms. The van der Waals surface area contributed by atoms with Crippen molar-refractivity contribution in [2.45, 2.75) is 32.6 Å². The first-order valence-electron chi connectivity index (χ1n) is 4.37. The van der Waals surface area contributed by atoms with Crippen LogP contribution in [0.1, 0.15) is 31.9 Å². The van der Waals surface area contributed by atoms with E-state index in [2.05, 4.69) is 16.9 Å². The Kier molecular flexibility index (Phi) is 5.80. The van der Waals surface area contributed by atoms with Crippen molar-refractivity contribution in [1.29, 1.82) is 0 Å². The smallest absolute Gasteiger partial charge is 0.344 e. The van der Waals surface area contributed by atoms with E-state index in [0.29, 0.717) is 0 Å². The fourth-order valence-corrected chi connectivity index (χ4v) is 1.12. The summed E-state index contributed by atoms with van der Waals surface area (Å²) in [6.45, 7) is 2.16. The van der Waals surface area contributed by atoms with E-state index in [1.807, 2.05) is 6.07 Å². The Morgan fingerprint density at radius 2 is 2.23 bits per heavy atom. The van der Waals surface area contributed by atoms with Crippen molar-refractivity contribution in [3.8, 4) is 0 Å². The van der Waals surface area contributed by atoms with Gasteiger partial charge in [0.1, 0.15) is 0 Å². The van der Waals surface area contributed by atoms with Crippen LogP contribution in [0, 0.1) is 0 Å². The van der Waals surface area contributed by atoms with Crippen molar-refractivity contribution in [2.75, 3.05) is 0 Å². The van der Waals surface area contributed by atoms with E-state index in [1.54, 1.807) is 6.20 Å². The molecule has 0 aliphatic carbocycles. The highest BCUT2D eigenvalue weighted by atomic mass is 16.1. The van der Waals surface area contributed by atoms with Crippen molar-refractivity contribution in [3.63, 3.8) is 0 Å². The Hall–Kier alpha value is -1.16. The standard InChI is InChI=1S/C9H14N2O.H3N/c1-2-3-4-5-8-6-7-10-9(12)11-8;/h6-7H,2-5H2,1H3,(H,10,11,12);1H3. The van der Waals surface area contributed by atoms with Crippen LogP contribution in [0.5, 0.6) is 0 Å². The number of hydrogen-bond acceptors (Lipinski definition) is 3. The lowest BCUT2D eigenvalue weighted by atomic mass is 10.1. The normalized spacial score (nSPS) is 9.31. The molecule has 4 heteroatoms. The minimum Gasteiger partial charge on any atom is -0.344 e. The van der Waals surface area contributed by atoms with Gasteiger partial charge in [0.25, 0.3) is 0 Å². The van der Waals surface area contributed by atoms with Gasteiger partial charge in [-0.15, -0.1) is 0 Å². The molecule has 4 nitrogen and oxygen atoms in total. The Balaban J connectivity index is 0.00000144. The average molecular weight is 183 g/mol. The first-order valence-corrected chi connectivity index (χ1v) is 4.37. The molecule has 0 aliphatic heterocycles. The van der Waals surface area contributed by atoms with Crippen LogP contribution >= 0.6 is 0 Å². The molecule has 1 aromatic heterocycles. The highest BCUT2D eigenvalue weighted by molar-refractivity contribution is 4.97. The van der Waals surface area contributed by atoms with Crippen molar-refractivity contribution < 1.29 is 0 Å². The lowest BCUT2D eigenvalue weighted by Crippen LogP contribution is -2.11. The molecule has 0 aliphatic rings. The Labute approximate surface area is 78.0 Å². The highest BCUT2D eigenvalue weighted by Crippen LogP contribution is 2.00. The summed E-state index contributed by atoms with van der Waals surface area (Å²) >= 11 is 0. The Morgan fingerprint density at radius 1 is 1.46 bits per heavy atom. The molecule has 0 saturated heterocycles. The van der Waals surface area contributed by atoms with Crippen LogP contribution in [0.25, 0.3) is 0 Å². The molecule has 0 fully saturated rings. The summed E-state index contributed by atoms with van der Waals surface area (Å²) in [7, 11) is 0. The van der Waals surface area contributed by atoms with Gasteiger partial charge in [-0.1, -0.05) is 19.8 Å². The topological polar surface area (TPSA) is 80.8 Å². The summed E-state index contributed by atoms with van der Waals surface area (Å²) in [5.74, 6) is 0. The van der Waals surface area contributed by atoms with Gasteiger partial charge in [0, 0.05) is 11.9 Å². The molecular weight excluding hydrogens is 166 g/mol. The highest BCUT2D eigenvalue weighted by Gasteiger charge is 1.92. The summed E-state index contributed by atoms with van der Waals surface area (Å²) in [6.07, 6.45) is 6.06. The maximum absolute atomic E-state index is 10.8. The third kappa shape index (κ3) is 4.42. The molecule has 0 aromatic carbocycles. The zero-order chi connectivity index (χ0) is 8.81. The molecule has 0 amide bonds. The number of aromatic amines is 1. The molecule has 1 aromatic rings. The minimum atomic E-state index is -0.246. The van der Waals surface area contributed by atoms with Gasteiger partial charge >= 0.3 is 5.69 Å². The molecule has 0 atom stereocenters. The van der Waals surface area contributed by atoms with Gasteiger partial charge in [-0.25, -0.2) is 9.78 Å². The second-order valence-electron chi connectivity index (χ2n) is 2.86. The first kappa shape index (κ1) is 11.8. The lowest BCUT2D eigenvalue weighted by molar-refractivity contribution is 0.703. The molecule has 74 valence electrons. The maximum atomic E-state index is 10.8. The number of aromatic nitrogens is 2. The summed E-state index contributed by atoms with van der Waals surface area (Å²) < 4.78 is 0. The van der Waals surface area contributed by atoms with Gasteiger partial charge in [0.05, 0.1) is 0 Å². The van der Waals surface area contributed by atoms with Crippen LogP contribution < -0.4 is 11.8 Å². The number of nitrogens with one attached hydrogen (secondary N) is 1. The van der Waals surface area contributed by atoms with E-state index in [9.17, 15) is 4.79 Å². The summed E-state index contributed by atoms with van der Waals surface area (Å²) in [5.41, 5.74) is 0.743. The number of unbranched alkanes of at least 4 members (excludes halogenated alkanes) is 2. The number of aryl methyl sites for hydroxylation is 1. The molecular formula is C9H17N3O. The Morgan fingerprint density at radius 3 is 2.85 bits per heavy atom. The van der Waals surface area contributed by atoms with E-state index in [0.717, 1.165) is 18.5 Å². The summed E-state index contributed by atoms with van der Waals surface area (Å²) in [5, 5.41) is 0. The predicted octanol–water partition coefficient (Wildman–Crippen LogP) is 1.66. The zero-order valence-corrected chi connectivity index (χ0v) is 8.05. The van der Waals surface area contributed by atoms with Crippen LogP contribution in [0.2, 0.25) is 0 Å². The van der Waals surface area contributed by atoms with Crippen LogP contribution in [0.3, 0.4) is 0 Å². The van der Waals surface area contributed by atoms with Gasteiger partial charge in [-0.2, -0.15) is 0 Å². The fourth-order valence-electron chi connectivity index (χ4n) is 1.12. The molecule has 4 N–H and O–H groups in total. The van der Waals surface area contributed by atoms with Gasteiger partial charge in [0.15, 0.2) is 0 Å². The second-order valence-corrected chi connectivity index (χ2v) is 2.86. The maximum Gasteiger partial charge on any atom is 0.345 e. The molecule has 1 rings (SSSR count). The van der Waals surface area contributed by atoms with Crippen LogP contribution in [0.15, 0.2) is 17.1 Å². The first-order chi connectivity index (χ1) is 5.83. The van der Waals surface area contributed by atoms with Crippen LogP contribution in [0.4, 0.5) is 0 Å². The monoisotopic (exact) mass is 183 g/mol. The van der Waals surface area contributed by atoms with E-state index in [-0.39, 0.29) is 11.8 Å². The molecule has 0 radical (unpaired) electrons. The molecule has 0 bridgehead atoms. The number of nitrogens with zero attached hydrogens (tertiary/aromatic N) is 1. The van der Waals surface area contributed by atoms with Crippen molar-refractivity contribution >= 4 is 0 Å². The van der Waals surface area contributed by atoms with Crippen molar-refractivity contribution in [2.24, 2.45) is 0 Å².